The lowest BCUT2D eigenvalue weighted by Crippen LogP contribution is -2.18. The van der Waals surface area contributed by atoms with Gasteiger partial charge in [-0.2, -0.15) is 0 Å². The van der Waals surface area contributed by atoms with Crippen LogP contribution in [-0.2, 0) is 11.3 Å². The Bertz CT molecular complexity index is 523. The fourth-order valence-electron chi connectivity index (χ4n) is 1.88. The van der Waals surface area contributed by atoms with Crippen LogP contribution >= 0.6 is 0 Å². The summed E-state index contributed by atoms with van der Waals surface area (Å²) in [4.78, 5) is 0. The molecule has 106 valence electrons. The van der Waals surface area contributed by atoms with Crippen molar-refractivity contribution in [2.75, 3.05) is 20.3 Å². The number of benzene rings is 2. The second-order valence-electron chi connectivity index (χ2n) is 4.68. The fourth-order valence-corrected chi connectivity index (χ4v) is 1.88. The molecule has 0 heterocycles. The Kier molecular flexibility index (Phi) is 5.59. The Balaban J connectivity index is 1.90. The van der Waals surface area contributed by atoms with Crippen molar-refractivity contribution in [2.45, 2.75) is 13.5 Å². The number of hydrogen-bond acceptors (Lipinski definition) is 3. The van der Waals surface area contributed by atoms with E-state index in [0.29, 0.717) is 0 Å². The first-order valence-electron chi connectivity index (χ1n) is 6.81. The average molecular weight is 271 g/mol. The van der Waals surface area contributed by atoms with E-state index in [0.717, 1.165) is 36.8 Å². The molecule has 2 aromatic rings. The summed E-state index contributed by atoms with van der Waals surface area (Å²) in [6, 6.07) is 16.2. The number of nitrogens with one attached hydrogen (secondary N) is 1. The van der Waals surface area contributed by atoms with Crippen LogP contribution in [0.15, 0.2) is 48.5 Å². The summed E-state index contributed by atoms with van der Waals surface area (Å²) in [6.45, 7) is 4.48. The predicted octanol–water partition coefficient (Wildman–Crippen LogP) is 3.52. The zero-order chi connectivity index (χ0) is 14.2. The molecule has 0 atom stereocenters. The smallest absolute Gasteiger partial charge is 0.130 e. The molecule has 0 aliphatic rings. The number of para-hydroxylation sites is 1. The van der Waals surface area contributed by atoms with E-state index in [9.17, 15) is 0 Å². The molecule has 0 saturated heterocycles. The first kappa shape index (κ1) is 14.6. The molecule has 0 amide bonds. The maximum atomic E-state index is 5.87. The van der Waals surface area contributed by atoms with Crippen molar-refractivity contribution >= 4 is 0 Å². The maximum absolute atomic E-state index is 5.87. The van der Waals surface area contributed by atoms with Gasteiger partial charge in [0.2, 0.25) is 0 Å². The molecule has 3 heteroatoms. The van der Waals surface area contributed by atoms with E-state index >= 15 is 0 Å². The largest absolute Gasteiger partial charge is 0.457 e. The van der Waals surface area contributed by atoms with Gasteiger partial charge in [-0.15, -0.1) is 0 Å². The molecule has 3 nitrogen and oxygen atoms in total. The monoisotopic (exact) mass is 271 g/mol. The number of aryl methyl sites for hydroxylation is 1. The van der Waals surface area contributed by atoms with E-state index in [1.54, 1.807) is 7.11 Å². The summed E-state index contributed by atoms with van der Waals surface area (Å²) in [5.74, 6) is 1.76. The molecular formula is C17H21NO2. The predicted molar refractivity (Wildman–Crippen MR) is 81.3 cm³/mol. The lowest BCUT2D eigenvalue weighted by molar-refractivity contribution is 0.199. The van der Waals surface area contributed by atoms with Crippen molar-refractivity contribution in [3.8, 4) is 11.5 Å². The standard InChI is InChI=1S/C17H21NO2/c1-14-5-3-4-6-17(14)20-16-9-7-15(8-10-16)13-18-11-12-19-2/h3-10,18H,11-13H2,1-2H3. The SMILES string of the molecule is COCCNCc1ccc(Oc2ccccc2C)cc1. The van der Waals surface area contributed by atoms with Crippen LogP contribution in [-0.4, -0.2) is 20.3 Å². The lowest BCUT2D eigenvalue weighted by atomic mass is 10.2. The van der Waals surface area contributed by atoms with E-state index in [-0.39, 0.29) is 0 Å². The minimum absolute atomic E-state index is 0.731. The Hall–Kier alpha value is -1.84. The lowest BCUT2D eigenvalue weighted by Gasteiger charge is -2.09. The summed E-state index contributed by atoms with van der Waals surface area (Å²) in [5.41, 5.74) is 2.37. The Morgan fingerprint density at radius 3 is 2.45 bits per heavy atom. The minimum Gasteiger partial charge on any atom is -0.457 e. The van der Waals surface area contributed by atoms with E-state index < -0.39 is 0 Å². The quantitative estimate of drug-likeness (QED) is 0.782. The number of hydrogen-bond donors (Lipinski definition) is 1. The highest BCUT2D eigenvalue weighted by atomic mass is 16.5. The summed E-state index contributed by atoms with van der Waals surface area (Å²) < 4.78 is 10.9. The minimum atomic E-state index is 0.731. The van der Waals surface area contributed by atoms with Crippen LogP contribution in [0.3, 0.4) is 0 Å². The van der Waals surface area contributed by atoms with Gasteiger partial charge in [0.15, 0.2) is 0 Å². The second-order valence-corrected chi connectivity index (χ2v) is 4.68. The van der Waals surface area contributed by atoms with E-state index in [2.05, 4.69) is 17.4 Å². The van der Waals surface area contributed by atoms with Gasteiger partial charge in [0.05, 0.1) is 6.61 Å². The van der Waals surface area contributed by atoms with Crippen LogP contribution in [0.4, 0.5) is 0 Å². The van der Waals surface area contributed by atoms with Crippen molar-refractivity contribution in [3.63, 3.8) is 0 Å². The van der Waals surface area contributed by atoms with Gasteiger partial charge in [-0.05, 0) is 36.2 Å². The molecule has 20 heavy (non-hydrogen) atoms. The second kappa shape index (κ2) is 7.68. The van der Waals surface area contributed by atoms with Crippen molar-refractivity contribution in [1.29, 1.82) is 0 Å². The zero-order valence-corrected chi connectivity index (χ0v) is 12.1. The molecule has 0 bridgehead atoms. The van der Waals surface area contributed by atoms with Crippen LogP contribution < -0.4 is 10.1 Å². The number of ether oxygens (including phenoxy) is 2. The summed E-state index contributed by atoms with van der Waals surface area (Å²) in [7, 11) is 1.71. The van der Waals surface area contributed by atoms with Crippen LogP contribution in [0, 0.1) is 6.92 Å². The van der Waals surface area contributed by atoms with Crippen LogP contribution in [0.2, 0.25) is 0 Å². The molecule has 2 rings (SSSR count). The van der Waals surface area contributed by atoms with Gasteiger partial charge in [-0.25, -0.2) is 0 Å². The van der Waals surface area contributed by atoms with Gasteiger partial charge in [-0.3, -0.25) is 0 Å². The first-order chi connectivity index (χ1) is 9.79. The third-order valence-corrected chi connectivity index (χ3v) is 3.06. The van der Waals surface area contributed by atoms with Gasteiger partial charge in [0.1, 0.15) is 11.5 Å². The Morgan fingerprint density at radius 2 is 1.75 bits per heavy atom. The third kappa shape index (κ3) is 4.37. The van der Waals surface area contributed by atoms with Crippen molar-refractivity contribution in [1.82, 2.24) is 5.32 Å². The van der Waals surface area contributed by atoms with Crippen molar-refractivity contribution in [2.24, 2.45) is 0 Å². The molecular weight excluding hydrogens is 250 g/mol. The van der Waals surface area contributed by atoms with E-state index in [1.807, 2.05) is 43.3 Å². The van der Waals surface area contributed by atoms with Gasteiger partial charge in [0, 0.05) is 20.2 Å². The normalized spacial score (nSPS) is 10.5. The van der Waals surface area contributed by atoms with Gasteiger partial charge in [-0.1, -0.05) is 30.3 Å². The van der Waals surface area contributed by atoms with Crippen LogP contribution in [0.5, 0.6) is 11.5 Å². The average Bonchev–Trinajstić information content (AvgIpc) is 2.48. The Morgan fingerprint density at radius 1 is 1.00 bits per heavy atom. The van der Waals surface area contributed by atoms with Crippen LogP contribution in [0.1, 0.15) is 11.1 Å². The number of methoxy groups -OCH3 is 1. The van der Waals surface area contributed by atoms with Crippen molar-refractivity contribution in [3.05, 3.63) is 59.7 Å². The summed E-state index contributed by atoms with van der Waals surface area (Å²) in [5, 5.41) is 3.32. The highest BCUT2D eigenvalue weighted by molar-refractivity contribution is 5.37. The highest BCUT2D eigenvalue weighted by Crippen LogP contribution is 2.24. The molecule has 0 spiro atoms. The molecule has 0 aliphatic heterocycles. The van der Waals surface area contributed by atoms with Crippen molar-refractivity contribution < 1.29 is 9.47 Å². The zero-order valence-electron chi connectivity index (χ0n) is 12.1. The van der Waals surface area contributed by atoms with E-state index in [1.165, 1.54) is 5.56 Å². The molecule has 0 unspecified atom stereocenters. The molecule has 0 aliphatic carbocycles. The van der Waals surface area contributed by atoms with Crippen LogP contribution in [0.25, 0.3) is 0 Å². The molecule has 0 saturated carbocycles. The fraction of sp³-hybridized carbons (Fsp3) is 0.294. The molecule has 0 fully saturated rings. The third-order valence-electron chi connectivity index (χ3n) is 3.06. The molecule has 0 aromatic heterocycles. The van der Waals surface area contributed by atoms with E-state index in [4.69, 9.17) is 9.47 Å². The molecule has 2 aromatic carbocycles. The number of rotatable bonds is 7. The summed E-state index contributed by atoms with van der Waals surface area (Å²) in [6.07, 6.45) is 0. The summed E-state index contributed by atoms with van der Waals surface area (Å²) >= 11 is 0. The molecule has 0 radical (unpaired) electrons. The maximum Gasteiger partial charge on any atom is 0.130 e. The van der Waals surface area contributed by atoms with Gasteiger partial charge in [0.25, 0.3) is 0 Å². The highest BCUT2D eigenvalue weighted by Gasteiger charge is 2.00. The van der Waals surface area contributed by atoms with Gasteiger partial charge < -0.3 is 14.8 Å². The molecule has 1 N–H and O–H groups in total. The first-order valence-corrected chi connectivity index (χ1v) is 6.81. The topological polar surface area (TPSA) is 30.5 Å². The van der Waals surface area contributed by atoms with Gasteiger partial charge >= 0.3 is 0 Å². The Labute approximate surface area is 120 Å².